The molecule has 4 aliphatic rings. The molecule has 1 saturated carbocycles. The fraction of sp³-hybridized carbons (Fsp3) is 0.268. The van der Waals surface area contributed by atoms with Gasteiger partial charge in [0.05, 0.1) is 53.8 Å². The third-order valence-electron chi connectivity index (χ3n) is 11.4. The maximum absolute atomic E-state index is 14.8. The number of carbonyl (C=O) groups excluding carboxylic acids is 4. The van der Waals surface area contributed by atoms with E-state index >= 15 is 0 Å². The third kappa shape index (κ3) is 5.20. The minimum absolute atomic E-state index is 0.103. The highest BCUT2D eigenvalue weighted by atomic mass is 35.5. The van der Waals surface area contributed by atoms with Gasteiger partial charge in [0.2, 0.25) is 23.6 Å². The van der Waals surface area contributed by atoms with Crippen LogP contribution in [0.1, 0.15) is 31.2 Å². The first kappa shape index (κ1) is 34.4. The predicted octanol–water partition coefficient (Wildman–Crippen LogP) is 7.38. The highest BCUT2D eigenvalue weighted by Gasteiger charge is 2.68. The zero-order chi connectivity index (χ0) is 37.3. The molecule has 0 spiro atoms. The van der Waals surface area contributed by atoms with Gasteiger partial charge in [0.15, 0.2) is 0 Å². The van der Waals surface area contributed by atoms with Crippen molar-refractivity contribution in [3.8, 4) is 17.2 Å². The van der Waals surface area contributed by atoms with Crippen molar-refractivity contribution >= 4 is 58.0 Å². The molecule has 0 bridgehead atoms. The Balaban J connectivity index is 1.22. The molecule has 12 heteroatoms. The van der Waals surface area contributed by atoms with Crippen molar-refractivity contribution in [2.75, 3.05) is 29.3 Å². The summed E-state index contributed by atoms with van der Waals surface area (Å²) in [6, 6.07) is 23.2. The van der Waals surface area contributed by atoms with Crippen LogP contribution >= 0.6 is 11.6 Å². The summed E-state index contributed by atoms with van der Waals surface area (Å²) in [5.74, 6) is -6.15. The first-order valence-corrected chi connectivity index (χ1v) is 17.6. The standard InChI is InChI=1S/C41H35ClFN3O7/c1-41-29(38(49)46(40(41)51)24-13-16-31(43)30(42)17-24)20-28-26(36(41)35-32(52-2)18-25(47)19-33(35)53-3)14-15-27-34(28)39(50)45(37(27)48)23-11-9-22(10-12-23)44-21-7-5-4-6-8-21/h4-14,16-19,27-29,34,36,44,47H,15,20H2,1-3H3/t27-,28+,29-,34-,36+,41+/m0/s1. The second-order valence-corrected chi connectivity index (χ2v) is 14.5. The number of nitrogens with zero attached hydrogens (tertiary/aromatic N) is 2. The van der Waals surface area contributed by atoms with Crippen molar-refractivity contribution in [1.82, 2.24) is 0 Å². The number of amides is 4. The Morgan fingerprint density at radius 2 is 1.45 bits per heavy atom. The number of phenolic OH excluding ortho intramolecular Hbond substituents is 1. The van der Waals surface area contributed by atoms with E-state index in [1.807, 2.05) is 36.4 Å². The van der Waals surface area contributed by atoms with Gasteiger partial charge in [-0.2, -0.15) is 0 Å². The van der Waals surface area contributed by atoms with E-state index in [1.165, 1.54) is 43.4 Å². The second kappa shape index (κ2) is 12.8. The first-order valence-electron chi connectivity index (χ1n) is 17.3. The summed E-state index contributed by atoms with van der Waals surface area (Å²) in [4.78, 5) is 60.3. The Labute approximate surface area is 309 Å². The summed E-state index contributed by atoms with van der Waals surface area (Å²) in [6.45, 7) is 1.71. The molecule has 6 atom stereocenters. The van der Waals surface area contributed by atoms with Crippen LogP contribution in [0.2, 0.25) is 5.02 Å². The Morgan fingerprint density at radius 3 is 2.09 bits per heavy atom. The van der Waals surface area contributed by atoms with Crippen LogP contribution in [0.5, 0.6) is 17.2 Å². The monoisotopic (exact) mass is 735 g/mol. The Morgan fingerprint density at radius 1 is 0.811 bits per heavy atom. The van der Waals surface area contributed by atoms with Crippen LogP contribution in [-0.4, -0.2) is 43.0 Å². The second-order valence-electron chi connectivity index (χ2n) is 14.1. The quantitative estimate of drug-likeness (QED) is 0.149. The van der Waals surface area contributed by atoms with E-state index in [4.69, 9.17) is 21.1 Å². The van der Waals surface area contributed by atoms with Gasteiger partial charge in [-0.1, -0.05) is 41.4 Å². The molecule has 2 heterocycles. The summed E-state index contributed by atoms with van der Waals surface area (Å²) >= 11 is 6.13. The zero-order valence-electron chi connectivity index (χ0n) is 29.0. The van der Waals surface area contributed by atoms with E-state index in [0.717, 1.165) is 22.3 Å². The molecule has 270 valence electrons. The lowest BCUT2D eigenvalue weighted by molar-refractivity contribution is -0.131. The molecule has 2 saturated heterocycles. The lowest BCUT2D eigenvalue weighted by Crippen LogP contribution is -2.49. The molecule has 8 rings (SSSR count). The number of anilines is 4. The topological polar surface area (TPSA) is 125 Å². The molecule has 0 aromatic heterocycles. The summed E-state index contributed by atoms with van der Waals surface area (Å²) in [5, 5.41) is 13.6. The number of carbonyl (C=O) groups is 4. The van der Waals surface area contributed by atoms with Crippen LogP contribution < -0.4 is 24.6 Å². The highest BCUT2D eigenvalue weighted by Crippen LogP contribution is 2.66. The van der Waals surface area contributed by atoms with Gasteiger partial charge in [-0.15, -0.1) is 0 Å². The Kier molecular flexibility index (Phi) is 8.29. The molecule has 0 unspecified atom stereocenters. The van der Waals surface area contributed by atoms with E-state index in [0.29, 0.717) is 16.8 Å². The number of hydrogen-bond donors (Lipinski definition) is 2. The highest BCUT2D eigenvalue weighted by molar-refractivity contribution is 6.32. The minimum atomic E-state index is -1.45. The predicted molar refractivity (Wildman–Crippen MR) is 196 cm³/mol. The average Bonchev–Trinajstić information content (AvgIpc) is 3.52. The molecular weight excluding hydrogens is 701 g/mol. The van der Waals surface area contributed by atoms with Crippen molar-refractivity contribution in [2.45, 2.75) is 25.7 Å². The van der Waals surface area contributed by atoms with Gasteiger partial charge in [-0.3, -0.25) is 24.1 Å². The summed E-state index contributed by atoms with van der Waals surface area (Å²) in [5.41, 5.74) is 1.90. The van der Waals surface area contributed by atoms with Gasteiger partial charge in [-0.05, 0) is 80.3 Å². The van der Waals surface area contributed by atoms with Crippen LogP contribution in [0.3, 0.4) is 0 Å². The van der Waals surface area contributed by atoms with Gasteiger partial charge >= 0.3 is 0 Å². The molecular formula is C41H35ClFN3O7. The number of halogens is 2. The van der Waals surface area contributed by atoms with E-state index in [1.54, 1.807) is 31.2 Å². The molecule has 2 N–H and O–H groups in total. The summed E-state index contributed by atoms with van der Waals surface area (Å²) in [6.07, 6.45) is 2.25. The van der Waals surface area contributed by atoms with Crippen LogP contribution in [0, 0.1) is 34.9 Å². The number of rotatable bonds is 7. The van der Waals surface area contributed by atoms with Gasteiger partial charge in [-0.25, -0.2) is 9.29 Å². The maximum atomic E-state index is 14.8. The van der Waals surface area contributed by atoms with Gasteiger partial charge in [0.1, 0.15) is 23.1 Å². The number of imide groups is 2. The van der Waals surface area contributed by atoms with Crippen molar-refractivity contribution in [1.29, 1.82) is 0 Å². The molecule has 4 aromatic carbocycles. The molecule has 0 radical (unpaired) electrons. The van der Waals surface area contributed by atoms with Crippen LogP contribution in [-0.2, 0) is 19.2 Å². The lowest BCUT2D eigenvalue weighted by atomic mass is 9.51. The number of allylic oxidation sites excluding steroid dienone is 2. The molecule has 4 aromatic rings. The fourth-order valence-electron chi connectivity index (χ4n) is 9.04. The maximum Gasteiger partial charge on any atom is 0.241 e. The smallest absolute Gasteiger partial charge is 0.241 e. The lowest BCUT2D eigenvalue weighted by Gasteiger charge is -2.49. The minimum Gasteiger partial charge on any atom is -0.508 e. The first-order chi connectivity index (χ1) is 25.5. The molecule has 2 aliphatic carbocycles. The molecule has 2 aliphatic heterocycles. The number of aromatic hydroxyl groups is 1. The molecule has 4 amide bonds. The summed E-state index contributed by atoms with van der Waals surface area (Å²) in [7, 11) is 2.85. The number of ether oxygens (including phenoxy) is 2. The van der Waals surface area contributed by atoms with Crippen molar-refractivity contribution in [2.24, 2.45) is 29.1 Å². The largest absolute Gasteiger partial charge is 0.508 e. The van der Waals surface area contributed by atoms with Crippen LogP contribution in [0.4, 0.5) is 27.1 Å². The number of benzene rings is 4. The van der Waals surface area contributed by atoms with E-state index in [9.17, 15) is 28.7 Å². The normalized spacial score (nSPS) is 26.2. The van der Waals surface area contributed by atoms with Gasteiger partial charge in [0.25, 0.3) is 0 Å². The number of para-hydroxylation sites is 1. The molecule has 10 nitrogen and oxygen atoms in total. The summed E-state index contributed by atoms with van der Waals surface area (Å²) < 4.78 is 25.8. The number of phenols is 1. The number of nitrogens with one attached hydrogen (secondary N) is 1. The Bertz CT molecular complexity index is 2200. The number of hydrogen-bond acceptors (Lipinski definition) is 8. The SMILES string of the molecule is COc1cc(O)cc(OC)c1[C@H]1C2=CC[C@@H]3C(=O)N(c4ccc(Nc5ccccc5)cc4)C(=O)[C@@H]3[C@@H]2C[C@H]2C(=O)N(c3ccc(F)c(Cl)c3)C(=O)[C@@]12C. The van der Waals surface area contributed by atoms with Crippen molar-refractivity contribution < 1.29 is 38.1 Å². The number of fused-ring (bicyclic) bond motifs is 4. The van der Waals surface area contributed by atoms with Crippen molar-refractivity contribution in [3.05, 3.63) is 113 Å². The molecule has 53 heavy (non-hydrogen) atoms. The number of methoxy groups -OCH3 is 2. The molecule has 3 fully saturated rings. The average molecular weight is 736 g/mol. The van der Waals surface area contributed by atoms with E-state index in [-0.39, 0.29) is 52.6 Å². The van der Waals surface area contributed by atoms with Gasteiger partial charge < -0.3 is 19.9 Å². The fourth-order valence-corrected chi connectivity index (χ4v) is 9.21. The van der Waals surface area contributed by atoms with Crippen LogP contribution in [0.15, 0.2) is 96.6 Å². The van der Waals surface area contributed by atoms with Gasteiger partial charge in [0, 0.05) is 35.0 Å². The Hall–Kier alpha value is -5.68. The zero-order valence-corrected chi connectivity index (χ0v) is 29.8. The third-order valence-corrected chi connectivity index (χ3v) is 11.7. The van der Waals surface area contributed by atoms with E-state index in [2.05, 4.69) is 5.32 Å². The van der Waals surface area contributed by atoms with Crippen molar-refractivity contribution in [3.63, 3.8) is 0 Å². The van der Waals surface area contributed by atoms with E-state index < -0.39 is 52.6 Å². The van der Waals surface area contributed by atoms with Crippen LogP contribution in [0.25, 0.3) is 0 Å².